The van der Waals surface area contributed by atoms with Gasteiger partial charge >= 0.3 is 0 Å². The summed E-state index contributed by atoms with van der Waals surface area (Å²) in [6.45, 7) is 6.36. The summed E-state index contributed by atoms with van der Waals surface area (Å²) in [6, 6.07) is 0.330. The fourth-order valence-electron chi connectivity index (χ4n) is 1.41. The summed E-state index contributed by atoms with van der Waals surface area (Å²) < 4.78 is 10.2. The van der Waals surface area contributed by atoms with Crippen molar-refractivity contribution in [1.29, 1.82) is 0 Å². The standard InChI is InChI=1S/C11H25NO3/c1-4-6-10(8-14-3)12-7-11(13)9-15-5-2/h10-13H,4-9H2,1-3H3. The maximum absolute atomic E-state index is 9.54. The van der Waals surface area contributed by atoms with Crippen LogP contribution in [-0.2, 0) is 9.47 Å². The Kier molecular flexibility index (Phi) is 10.3. The van der Waals surface area contributed by atoms with Crippen LogP contribution in [0.1, 0.15) is 26.7 Å². The van der Waals surface area contributed by atoms with E-state index in [9.17, 15) is 5.11 Å². The molecule has 0 aromatic heterocycles. The van der Waals surface area contributed by atoms with Gasteiger partial charge < -0.3 is 19.9 Å². The Labute approximate surface area is 93.0 Å². The largest absolute Gasteiger partial charge is 0.389 e. The minimum Gasteiger partial charge on any atom is -0.389 e. The highest BCUT2D eigenvalue weighted by Gasteiger charge is 2.09. The van der Waals surface area contributed by atoms with Gasteiger partial charge in [-0.3, -0.25) is 0 Å². The number of nitrogens with one attached hydrogen (secondary N) is 1. The normalized spacial score (nSPS) is 15.2. The van der Waals surface area contributed by atoms with E-state index < -0.39 is 6.10 Å². The lowest BCUT2D eigenvalue weighted by Gasteiger charge is -2.19. The van der Waals surface area contributed by atoms with Crippen LogP contribution in [0.25, 0.3) is 0 Å². The molecular weight excluding hydrogens is 194 g/mol. The summed E-state index contributed by atoms with van der Waals surface area (Å²) in [6.07, 6.45) is 1.75. The number of aliphatic hydroxyl groups excluding tert-OH is 1. The van der Waals surface area contributed by atoms with Crippen LogP contribution in [-0.4, -0.2) is 50.7 Å². The predicted octanol–water partition coefficient (Wildman–Crippen LogP) is 0.788. The molecule has 0 fully saturated rings. The Hall–Kier alpha value is -0.160. The Morgan fingerprint density at radius 1 is 1.27 bits per heavy atom. The molecule has 0 aromatic rings. The summed E-state index contributed by atoms with van der Waals surface area (Å²) in [5, 5.41) is 12.8. The zero-order valence-electron chi connectivity index (χ0n) is 10.2. The van der Waals surface area contributed by atoms with E-state index in [0.29, 0.717) is 32.4 Å². The van der Waals surface area contributed by atoms with Crippen molar-refractivity contribution in [2.75, 3.05) is 33.5 Å². The van der Waals surface area contributed by atoms with Gasteiger partial charge in [0.05, 0.1) is 19.3 Å². The number of methoxy groups -OCH3 is 1. The zero-order valence-corrected chi connectivity index (χ0v) is 10.2. The molecule has 4 nitrogen and oxygen atoms in total. The molecule has 0 heterocycles. The highest BCUT2D eigenvalue weighted by Crippen LogP contribution is 1.97. The van der Waals surface area contributed by atoms with Gasteiger partial charge in [0, 0.05) is 26.3 Å². The predicted molar refractivity (Wildman–Crippen MR) is 61.1 cm³/mol. The van der Waals surface area contributed by atoms with Crippen molar-refractivity contribution < 1.29 is 14.6 Å². The monoisotopic (exact) mass is 219 g/mol. The topological polar surface area (TPSA) is 50.7 Å². The van der Waals surface area contributed by atoms with Crippen molar-refractivity contribution in [3.8, 4) is 0 Å². The Balaban J connectivity index is 3.57. The van der Waals surface area contributed by atoms with Crippen LogP contribution in [0, 0.1) is 0 Å². The summed E-state index contributed by atoms with van der Waals surface area (Å²) in [5.41, 5.74) is 0. The molecule has 0 saturated carbocycles. The highest BCUT2D eigenvalue weighted by molar-refractivity contribution is 4.68. The molecule has 92 valence electrons. The van der Waals surface area contributed by atoms with Crippen LogP contribution < -0.4 is 5.32 Å². The second-order valence-electron chi connectivity index (χ2n) is 3.66. The lowest BCUT2D eigenvalue weighted by molar-refractivity contribution is 0.0389. The van der Waals surface area contributed by atoms with Gasteiger partial charge in [-0.05, 0) is 13.3 Å². The lowest BCUT2D eigenvalue weighted by atomic mass is 10.2. The number of aliphatic hydroxyl groups is 1. The quantitative estimate of drug-likeness (QED) is 0.570. The first-order valence-corrected chi connectivity index (χ1v) is 5.72. The van der Waals surface area contributed by atoms with Crippen molar-refractivity contribution in [2.24, 2.45) is 0 Å². The SMILES string of the molecule is CCCC(COC)NCC(O)COCC. The molecule has 0 spiro atoms. The Morgan fingerprint density at radius 3 is 2.53 bits per heavy atom. The molecule has 0 rings (SSSR count). The first-order valence-electron chi connectivity index (χ1n) is 5.72. The van der Waals surface area contributed by atoms with E-state index in [1.165, 1.54) is 0 Å². The second kappa shape index (κ2) is 10.4. The minimum atomic E-state index is -0.429. The number of hydrogen-bond donors (Lipinski definition) is 2. The van der Waals surface area contributed by atoms with E-state index in [0.717, 1.165) is 12.8 Å². The summed E-state index contributed by atoms with van der Waals surface area (Å²) >= 11 is 0. The maximum atomic E-state index is 9.54. The third kappa shape index (κ3) is 8.81. The molecule has 0 aliphatic heterocycles. The van der Waals surface area contributed by atoms with Crippen molar-refractivity contribution in [2.45, 2.75) is 38.8 Å². The first kappa shape index (κ1) is 14.8. The smallest absolute Gasteiger partial charge is 0.0897 e. The van der Waals surface area contributed by atoms with E-state index in [2.05, 4.69) is 12.2 Å². The van der Waals surface area contributed by atoms with Crippen LogP contribution in [0.15, 0.2) is 0 Å². The van der Waals surface area contributed by atoms with Gasteiger partial charge in [-0.1, -0.05) is 13.3 Å². The summed E-state index contributed by atoms with van der Waals surface area (Å²) in [7, 11) is 1.70. The molecule has 0 radical (unpaired) electrons. The Bertz CT molecular complexity index is 127. The van der Waals surface area contributed by atoms with Gasteiger partial charge in [0.1, 0.15) is 0 Å². The highest BCUT2D eigenvalue weighted by atomic mass is 16.5. The molecule has 15 heavy (non-hydrogen) atoms. The third-order valence-corrected chi connectivity index (χ3v) is 2.16. The molecule has 0 bridgehead atoms. The summed E-state index contributed by atoms with van der Waals surface area (Å²) in [5.74, 6) is 0. The molecule has 0 saturated heterocycles. The number of rotatable bonds is 10. The molecule has 2 unspecified atom stereocenters. The molecule has 0 aliphatic carbocycles. The third-order valence-electron chi connectivity index (χ3n) is 2.16. The van der Waals surface area contributed by atoms with Crippen molar-refractivity contribution in [1.82, 2.24) is 5.32 Å². The number of hydrogen-bond acceptors (Lipinski definition) is 4. The van der Waals surface area contributed by atoms with Gasteiger partial charge in [-0.2, -0.15) is 0 Å². The van der Waals surface area contributed by atoms with E-state index in [-0.39, 0.29) is 0 Å². The maximum Gasteiger partial charge on any atom is 0.0897 e. The lowest BCUT2D eigenvalue weighted by Crippen LogP contribution is -2.39. The molecule has 0 aromatic carbocycles. The average molecular weight is 219 g/mol. The van der Waals surface area contributed by atoms with E-state index in [1.54, 1.807) is 7.11 Å². The van der Waals surface area contributed by atoms with Gasteiger partial charge in [-0.15, -0.1) is 0 Å². The van der Waals surface area contributed by atoms with Crippen molar-refractivity contribution in [3.05, 3.63) is 0 Å². The van der Waals surface area contributed by atoms with E-state index in [1.807, 2.05) is 6.92 Å². The van der Waals surface area contributed by atoms with E-state index in [4.69, 9.17) is 9.47 Å². The van der Waals surface area contributed by atoms with Crippen LogP contribution in [0.4, 0.5) is 0 Å². The fourth-order valence-corrected chi connectivity index (χ4v) is 1.41. The van der Waals surface area contributed by atoms with Crippen LogP contribution in [0.5, 0.6) is 0 Å². The van der Waals surface area contributed by atoms with Crippen molar-refractivity contribution in [3.63, 3.8) is 0 Å². The minimum absolute atomic E-state index is 0.330. The second-order valence-corrected chi connectivity index (χ2v) is 3.66. The fraction of sp³-hybridized carbons (Fsp3) is 1.00. The van der Waals surface area contributed by atoms with Gasteiger partial charge in [0.25, 0.3) is 0 Å². The van der Waals surface area contributed by atoms with Crippen LogP contribution >= 0.6 is 0 Å². The van der Waals surface area contributed by atoms with Gasteiger partial charge in [0.15, 0.2) is 0 Å². The zero-order chi connectivity index (χ0) is 11.5. The van der Waals surface area contributed by atoms with Crippen LogP contribution in [0.3, 0.4) is 0 Å². The molecular formula is C11H25NO3. The van der Waals surface area contributed by atoms with E-state index >= 15 is 0 Å². The van der Waals surface area contributed by atoms with Crippen LogP contribution in [0.2, 0.25) is 0 Å². The van der Waals surface area contributed by atoms with Gasteiger partial charge in [0.2, 0.25) is 0 Å². The molecule has 0 amide bonds. The molecule has 0 aliphatic rings. The number of ether oxygens (including phenoxy) is 2. The molecule has 4 heteroatoms. The Morgan fingerprint density at radius 2 is 2.00 bits per heavy atom. The average Bonchev–Trinajstić information content (AvgIpc) is 2.23. The molecule has 2 atom stereocenters. The van der Waals surface area contributed by atoms with Crippen molar-refractivity contribution >= 4 is 0 Å². The van der Waals surface area contributed by atoms with Gasteiger partial charge in [-0.25, -0.2) is 0 Å². The summed E-state index contributed by atoms with van der Waals surface area (Å²) in [4.78, 5) is 0. The molecule has 2 N–H and O–H groups in total. The first-order chi connectivity index (χ1) is 7.24.